The van der Waals surface area contributed by atoms with E-state index in [2.05, 4.69) is 60.4 Å². The number of hydrogen-bond donors (Lipinski definition) is 0. The van der Waals surface area contributed by atoms with E-state index in [1.165, 1.54) is 22.8 Å². The first-order valence-corrected chi connectivity index (χ1v) is 10.0. The molecule has 0 fully saturated rings. The number of ether oxygens (including phenoxy) is 2. The van der Waals surface area contributed by atoms with Crippen molar-refractivity contribution in [2.75, 3.05) is 20.3 Å². The third-order valence-electron chi connectivity index (χ3n) is 4.25. The Hall–Kier alpha value is -1.98. The molecule has 0 N–H and O–H groups in total. The van der Waals surface area contributed by atoms with Gasteiger partial charge in [-0.2, -0.15) is 0 Å². The fraction of sp³-hybridized carbons (Fsp3) is 0.391. The molecule has 1 atom stereocenters. The zero-order valence-electron chi connectivity index (χ0n) is 17.4. The maximum Gasteiger partial charge on any atom is 0.155 e. The summed E-state index contributed by atoms with van der Waals surface area (Å²) in [5, 5.41) is 0. The van der Waals surface area contributed by atoms with Crippen LogP contribution in [0.15, 0.2) is 47.6 Å². The highest BCUT2D eigenvalue weighted by Crippen LogP contribution is 2.28. The Kier molecular flexibility index (Phi) is 10.7. The van der Waals surface area contributed by atoms with Crippen LogP contribution in [0.2, 0.25) is 0 Å². The SMILES string of the molecule is C=CC(=O)CC(C)c1cc(C)c(Br)cc1C.COCCOc1ccc(C)nc1. The van der Waals surface area contributed by atoms with Crippen LogP contribution in [-0.2, 0) is 9.53 Å². The van der Waals surface area contributed by atoms with Crippen LogP contribution in [0.4, 0.5) is 0 Å². The number of aromatic nitrogens is 1. The smallest absolute Gasteiger partial charge is 0.155 e. The molecule has 1 unspecified atom stereocenters. The van der Waals surface area contributed by atoms with Crippen molar-refractivity contribution in [3.8, 4) is 5.75 Å². The van der Waals surface area contributed by atoms with E-state index in [4.69, 9.17) is 9.47 Å². The van der Waals surface area contributed by atoms with Crippen LogP contribution in [0.1, 0.15) is 41.6 Å². The van der Waals surface area contributed by atoms with Gasteiger partial charge in [-0.25, -0.2) is 0 Å². The third-order valence-corrected chi connectivity index (χ3v) is 5.11. The van der Waals surface area contributed by atoms with Crippen molar-refractivity contribution in [3.05, 3.63) is 70.0 Å². The van der Waals surface area contributed by atoms with Gasteiger partial charge in [0, 0.05) is 23.7 Å². The van der Waals surface area contributed by atoms with Crippen molar-refractivity contribution in [1.29, 1.82) is 0 Å². The predicted octanol–water partition coefficient (Wildman–Crippen LogP) is 5.73. The molecule has 0 radical (unpaired) electrons. The molecular formula is C23H30BrNO3. The standard InChI is InChI=1S/C14H17BrO.C9H13NO2/c1-5-12(16)6-9(2)13-7-11(4)14(15)8-10(13)3;1-8-3-4-9(7-10-8)12-6-5-11-2/h5,7-9H,1,6H2,2-4H3;3-4,7H,5-6H2,1-2H3. The zero-order chi connectivity index (χ0) is 21.1. The molecule has 0 spiro atoms. The minimum atomic E-state index is 0.104. The average Bonchev–Trinajstić information content (AvgIpc) is 2.66. The van der Waals surface area contributed by atoms with Crippen LogP contribution in [0.5, 0.6) is 5.75 Å². The Bertz CT molecular complexity index is 772. The van der Waals surface area contributed by atoms with E-state index in [-0.39, 0.29) is 11.7 Å². The number of halogens is 1. The second-order valence-electron chi connectivity index (χ2n) is 6.71. The fourth-order valence-electron chi connectivity index (χ4n) is 2.61. The molecule has 0 amide bonds. The topological polar surface area (TPSA) is 48.4 Å². The molecule has 1 aromatic carbocycles. The molecule has 2 rings (SSSR count). The highest BCUT2D eigenvalue weighted by Gasteiger charge is 2.12. The van der Waals surface area contributed by atoms with Gasteiger partial charge in [0.05, 0.1) is 12.8 Å². The number of allylic oxidation sites excluding steroid dienone is 1. The molecule has 1 heterocycles. The maximum absolute atomic E-state index is 11.3. The lowest BCUT2D eigenvalue weighted by atomic mass is 9.91. The highest BCUT2D eigenvalue weighted by atomic mass is 79.9. The van der Waals surface area contributed by atoms with Crippen LogP contribution < -0.4 is 4.74 Å². The number of methoxy groups -OCH3 is 1. The monoisotopic (exact) mass is 447 g/mol. The highest BCUT2D eigenvalue weighted by molar-refractivity contribution is 9.10. The van der Waals surface area contributed by atoms with Gasteiger partial charge in [0.1, 0.15) is 12.4 Å². The molecule has 0 aliphatic heterocycles. The lowest BCUT2D eigenvalue weighted by Crippen LogP contribution is -2.04. The average molecular weight is 448 g/mol. The lowest BCUT2D eigenvalue weighted by molar-refractivity contribution is -0.114. The summed E-state index contributed by atoms with van der Waals surface area (Å²) < 4.78 is 11.3. The lowest BCUT2D eigenvalue weighted by Gasteiger charge is -2.15. The molecule has 0 aliphatic carbocycles. The predicted molar refractivity (Wildman–Crippen MR) is 118 cm³/mol. The molecule has 0 bridgehead atoms. The van der Waals surface area contributed by atoms with Gasteiger partial charge in [-0.3, -0.25) is 9.78 Å². The van der Waals surface area contributed by atoms with E-state index in [9.17, 15) is 4.79 Å². The first-order valence-electron chi connectivity index (χ1n) is 9.24. The number of rotatable bonds is 8. The van der Waals surface area contributed by atoms with Gasteiger partial charge in [0.2, 0.25) is 0 Å². The van der Waals surface area contributed by atoms with Crippen molar-refractivity contribution in [2.24, 2.45) is 0 Å². The van der Waals surface area contributed by atoms with Gasteiger partial charge in [0.15, 0.2) is 5.78 Å². The normalized spacial score (nSPS) is 11.2. The Morgan fingerprint density at radius 2 is 1.93 bits per heavy atom. The van der Waals surface area contributed by atoms with Crippen molar-refractivity contribution in [2.45, 2.75) is 40.0 Å². The van der Waals surface area contributed by atoms with Crippen LogP contribution in [0.25, 0.3) is 0 Å². The maximum atomic E-state index is 11.3. The Labute approximate surface area is 177 Å². The largest absolute Gasteiger partial charge is 0.490 e. The molecule has 4 nitrogen and oxygen atoms in total. The van der Waals surface area contributed by atoms with Crippen LogP contribution in [-0.4, -0.2) is 31.1 Å². The minimum absolute atomic E-state index is 0.104. The first kappa shape index (κ1) is 24.1. The number of carbonyl (C=O) groups is 1. The van der Waals surface area contributed by atoms with E-state index >= 15 is 0 Å². The molecular weight excluding hydrogens is 418 g/mol. The van der Waals surface area contributed by atoms with Gasteiger partial charge >= 0.3 is 0 Å². The van der Waals surface area contributed by atoms with E-state index in [0.717, 1.165) is 15.9 Å². The summed E-state index contributed by atoms with van der Waals surface area (Å²) in [6, 6.07) is 8.08. The van der Waals surface area contributed by atoms with E-state index in [0.29, 0.717) is 19.6 Å². The second kappa shape index (κ2) is 12.5. The number of pyridine rings is 1. The number of aryl methyl sites for hydroxylation is 3. The molecule has 28 heavy (non-hydrogen) atoms. The molecule has 2 aromatic rings. The quantitative estimate of drug-likeness (QED) is 0.382. The number of hydrogen-bond acceptors (Lipinski definition) is 4. The summed E-state index contributed by atoms with van der Waals surface area (Å²) in [6.07, 6.45) is 3.65. The molecule has 1 aromatic heterocycles. The summed E-state index contributed by atoms with van der Waals surface area (Å²) in [6.45, 7) is 12.8. The molecule has 152 valence electrons. The van der Waals surface area contributed by atoms with Crippen molar-refractivity contribution < 1.29 is 14.3 Å². The Morgan fingerprint density at radius 1 is 1.21 bits per heavy atom. The van der Waals surface area contributed by atoms with Gasteiger partial charge in [-0.15, -0.1) is 0 Å². The van der Waals surface area contributed by atoms with E-state index in [1.807, 2.05) is 19.1 Å². The van der Waals surface area contributed by atoms with Crippen LogP contribution >= 0.6 is 15.9 Å². The summed E-state index contributed by atoms with van der Waals surface area (Å²) >= 11 is 3.51. The number of benzene rings is 1. The summed E-state index contributed by atoms with van der Waals surface area (Å²) in [5.41, 5.74) is 4.67. The summed E-state index contributed by atoms with van der Waals surface area (Å²) in [7, 11) is 1.65. The summed E-state index contributed by atoms with van der Waals surface area (Å²) in [5.74, 6) is 1.14. The fourth-order valence-corrected chi connectivity index (χ4v) is 3.07. The van der Waals surface area contributed by atoms with Gasteiger partial charge < -0.3 is 9.47 Å². The van der Waals surface area contributed by atoms with Crippen molar-refractivity contribution in [3.63, 3.8) is 0 Å². The van der Waals surface area contributed by atoms with Gasteiger partial charge in [-0.1, -0.05) is 35.5 Å². The number of nitrogens with zero attached hydrogens (tertiary/aromatic N) is 1. The number of carbonyl (C=O) groups excluding carboxylic acids is 1. The first-order chi connectivity index (χ1) is 13.3. The molecule has 5 heteroatoms. The van der Waals surface area contributed by atoms with Crippen LogP contribution in [0, 0.1) is 20.8 Å². The molecule has 0 saturated heterocycles. The zero-order valence-corrected chi connectivity index (χ0v) is 19.0. The van der Waals surface area contributed by atoms with Gasteiger partial charge in [-0.05, 0) is 67.7 Å². The number of ketones is 1. The summed E-state index contributed by atoms with van der Waals surface area (Å²) in [4.78, 5) is 15.4. The molecule has 0 saturated carbocycles. The van der Waals surface area contributed by atoms with Gasteiger partial charge in [0.25, 0.3) is 0 Å². The second-order valence-corrected chi connectivity index (χ2v) is 7.56. The minimum Gasteiger partial charge on any atom is -0.490 e. The van der Waals surface area contributed by atoms with E-state index < -0.39 is 0 Å². The van der Waals surface area contributed by atoms with E-state index in [1.54, 1.807) is 13.3 Å². The Balaban J connectivity index is 0.000000292. The molecule has 0 aliphatic rings. The Morgan fingerprint density at radius 3 is 2.50 bits per heavy atom. The van der Waals surface area contributed by atoms with Crippen molar-refractivity contribution in [1.82, 2.24) is 4.98 Å². The van der Waals surface area contributed by atoms with Crippen molar-refractivity contribution >= 4 is 21.7 Å². The third kappa shape index (κ3) is 8.36. The van der Waals surface area contributed by atoms with Crippen LogP contribution in [0.3, 0.4) is 0 Å².